The second kappa shape index (κ2) is 6.87. The van der Waals surface area contributed by atoms with Gasteiger partial charge in [-0.05, 0) is 44.9 Å². The quantitative estimate of drug-likeness (QED) is 0.777. The molecule has 0 atom stereocenters. The summed E-state index contributed by atoms with van der Waals surface area (Å²) in [6.45, 7) is 8.83. The highest BCUT2D eigenvalue weighted by Gasteiger charge is 2.32. The van der Waals surface area contributed by atoms with E-state index >= 15 is 0 Å². The molecule has 0 saturated carbocycles. The first-order chi connectivity index (χ1) is 10.8. The third kappa shape index (κ3) is 4.13. The molecule has 7 nitrogen and oxygen atoms in total. The number of hydroxylamine groups is 2. The predicted molar refractivity (Wildman–Crippen MR) is 91.1 cm³/mol. The first kappa shape index (κ1) is 17.1. The van der Waals surface area contributed by atoms with Crippen LogP contribution in [0.15, 0.2) is 28.2 Å². The number of aliphatic imine (C=N–C) groups is 2. The fourth-order valence-corrected chi connectivity index (χ4v) is 2.30. The molecule has 126 valence electrons. The molecule has 23 heavy (non-hydrogen) atoms. The van der Waals surface area contributed by atoms with Gasteiger partial charge in [0.1, 0.15) is 5.75 Å². The Hall–Kier alpha value is -2.28. The first-order valence-corrected chi connectivity index (χ1v) is 7.63. The molecule has 0 aromatic heterocycles. The SMILES string of the molecule is Cc1cccc(OCCCON2C(N)=NC(N)=NC2(C)C)c1C. The molecule has 2 rings (SSSR count). The minimum atomic E-state index is -0.677. The number of aryl methyl sites for hydroxylation is 1. The average molecular weight is 319 g/mol. The molecule has 0 fully saturated rings. The van der Waals surface area contributed by atoms with E-state index in [1.807, 2.05) is 26.0 Å². The third-order valence-corrected chi connectivity index (χ3v) is 3.64. The first-order valence-electron chi connectivity index (χ1n) is 7.63. The maximum absolute atomic E-state index is 5.85. The van der Waals surface area contributed by atoms with Crippen molar-refractivity contribution in [3.05, 3.63) is 29.3 Å². The Labute approximate surface area is 136 Å². The Morgan fingerprint density at radius 3 is 2.61 bits per heavy atom. The van der Waals surface area contributed by atoms with Crippen molar-refractivity contribution < 1.29 is 9.57 Å². The van der Waals surface area contributed by atoms with Crippen molar-refractivity contribution >= 4 is 11.9 Å². The summed E-state index contributed by atoms with van der Waals surface area (Å²) in [6, 6.07) is 6.03. The number of ether oxygens (including phenoxy) is 1. The molecule has 0 bridgehead atoms. The van der Waals surface area contributed by atoms with Crippen molar-refractivity contribution in [1.29, 1.82) is 0 Å². The second-order valence-corrected chi connectivity index (χ2v) is 5.96. The van der Waals surface area contributed by atoms with Crippen LogP contribution < -0.4 is 16.2 Å². The highest BCUT2D eigenvalue weighted by molar-refractivity contribution is 5.95. The van der Waals surface area contributed by atoms with E-state index in [4.69, 9.17) is 21.0 Å². The van der Waals surface area contributed by atoms with Crippen molar-refractivity contribution in [2.75, 3.05) is 13.2 Å². The summed E-state index contributed by atoms with van der Waals surface area (Å²) in [5.41, 5.74) is 13.2. The summed E-state index contributed by atoms with van der Waals surface area (Å²) < 4.78 is 5.80. The molecule has 1 aliphatic heterocycles. The predicted octanol–water partition coefficient (Wildman–Crippen LogP) is 1.69. The Morgan fingerprint density at radius 2 is 1.91 bits per heavy atom. The Bertz CT molecular complexity index is 625. The Kier molecular flexibility index (Phi) is 5.10. The van der Waals surface area contributed by atoms with Crippen LogP contribution in [0.25, 0.3) is 0 Å². The molecule has 0 saturated heterocycles. The van der Waals surface area contributed by atoms with Gasteiger partial charge in [0.05, 0.1) is 13.2 Å². The van der Waals surface area contributed by atoms with E-state index in [0.29, 0.717) is 19.6 Å². The minimum absolute atomic E-state index is 0.158. The van der Waals surface area contributed by atoms with Crippen LogP contribution in [0.3, 0.4) is 0 Å². The summed E-state index contributed by atoms with van der Waals surface area (Å²) in [5, 5.41) is 1.47. The Morgan fingerprint density at radius 1 is 1.17 bits per heavy atom. The van der Waals surface area contributed by atoms with Gasteiger partial charge < -0.3 is 16.2 Å². The van der Waals surface area contributed by atoms with Crippen LogP contribution in [0.4, 0.5) is 0 Å². The van der Waals surface area contributed by atoms with Gasteiger partial charge in [-0.25, -0.2) is 4.99 Å². The molecule has 1 aromatic carbocycles. The number of rotatable bonds is 6. The number of benzene rings is 1. The van der Waals surface area contributed by atoms with Crippen LogP contribution >= 0.6 is 0 Å². The molecule has 1 aliphatic rings. The molecule has 7 heteroatoms. The van der Waals surface area contributed by atoms with E-state index in [1.165, 1.54) is 10.6 Å². The van der Waals surface area contributed by atoms with Gasteiger partial charge in [0.2, 0.25) is 11.9 Å². The molecule has 1 aromatic rings. The lowest BCUT2D eigenvalue weighted by atomic mass is 10.1. The summed E-state index contributed by atoms with van der Waals surface area (Å²) >= 11 is 0. The summed E-state index contributed by atoms with van der Waals surface area (Å²) in [5.74, 6) is 1.27. The van der Waals surface area contributed by atoms with Crippen LogP contribution in [0, 0.1) is 13.8 Å². The van der Waals surface area contributed by atoms with E-state index < -0.39 is 5.66 Å². The standard InChI is InChI=1S/C16H25N5O2/c1-11-7-5-8-13(12(11)2)22-9-6-10-23-21-15(18)19-14(17)20-16(21,3)4/h5,7-8H,6,9-10H2,1-4H3,(H4,17,18,19,20). The highest BCUT2D eigenvalue weighted by atomic mass is 16.7. The number of hydrogen-bond donors (Lipinski definition) is 2. The zero-order valence-electron chi connectivity index (χ0n) is 14.2. The topological polar surface area (TPSA) is 98.5 Å². The Balaban J connectivity index is 1.80. The largest absolute Gasteiger partial charge is 0.493 e. The molecule has 1 heterocycles. The van der Waals surface area contributed by atoms with E-state index in [2.05, 4.69) is 29.9 Å². The van der Waals surface area contributed by atoms with Crippen molar-refractivity contribution in [2.45, 2.75) is 39.8 Å². The van der Waals surface area contributed by atoms with Crippen LogP contribution in [0.5, 0.6) is 5.75 Å². The summed E-state index contributed by atoms with van der Waals surface area (Å²) in [7, 11) is 0. The fourth-order valence-electron chi connectivity index (χ4n) is 2.30. The number of nitrogens with zero attached hydrogens (tertiary/aromatic N) is 3. The van der Waals surface area contributed by atoms with E-state index in [0.717, 1.165) is 11.3 Å². The normalized spacial score (nSPS) is 16.8. The number of hydrogen-bond acceptors (Lipinski definition) is 7. The molecular weight excluding hydrogens is 294 g/mol. The molecule has 4 N–H and O–H groups in total. The number of nitrogens with two attached hydrogens (primary N) is 2. The molecular formula is C16H25N5O2. The van der Waals surface area contributed by atoms with Crippen molar-refractivity contribution in [3.8, 4) is 5.75 Å². The van der Waals surface area contributed by atoms with Crippen molar-refractivity contribution in [1.82, 2.24) is 5.06 Å². The zero-order valence-corrected chi connectivity index (χ0v) is 14.2. The molecule has 0 aliphatic carbocycles. The second-order valence-electron chi connectivity index (χ2n) is 5.96. The van der Waals surface area contributed by atoms with Crippen LogP contribution in [-0.4, -0.2) is 35.9 Å². The van der Waals surface area contributed by atoms with Gasteiger partial charge in [0.15, 0.2) is 5.66 Å². The van der Waals surface area contributed by atoms with Gasteiger partial charge in [-0.15, -0.1) is 0 Å². The summed E-state index contributed by atoms with van der Waals surface area (Å²) in [6.07, 6.45) is 0.715. The third-order valence-electron chi connectivity index (χ3n) is 3.64. The maximum atomic E-state index is 5.85. The van der Waals surface area contributed by atoms with Crippen LogP contribution in [-0.2, 0) is 4.84 Å². The maximum Gasteiger partial charge on any atom is 0.226 e. The van der Waals surface area contributed by atoms with Gasteiger partial charge in [0.25, 0.3) is 0 Å². The van der Waals surface area contributed by atoms with E-state index in [1.54, 1.807) is 0 Å². The van der Waals surface area contributed by atoms with Crippen molar-refractivity contribution in [2.24, 2.45) is 21.5 Å². The lowest BCUT2D eigenvalue weighted by molar-refractivity contribution is -0.158. The van der Waals surface area contributed by atoms with Gasteiger partial charge in [0, 0.05) is 6.42 Å². The lowest BCUT2D eigenvalue weighted by Crippen LogP contribution is -2.53. The van der Waals surface area contributed by atoms with Crippen LogP contribution in [0.1, 0.15) is 31.4 Å². The van der Waals surface area contributed by atoms with Crippen LogP contribution in [0.2, 0.25) is 0 Å². The molecule has 0 radical (unpaired) electrons. The average Bonchev–Trinajstić information content (AvgIpc) is 2.44. The number of guanidine groups is 2. The van der Waals surface area contributed by atoms with Gasteiger partial charge in [-0.2, -0.15) is 10.1 Å². The van der Waals surface area contributed by atoms with Gasteiger partial charge in [-0.1, -0.05) is 12.1 Å². The summed E-state index contributed by atoms with van der Waals surface area (Å²) in [4.78, 5) is 13.8. The van der Waals surface area contributed by atoms with E-state index in [9.17, 15) is 0 Å². The monoisotopic (exact) mass is 319 g/mol. The van der Waals surface area contributed by atoms with Gasteiger partial charge in [-0.3, -0.25) is 4.84 Å². The zero-order chi connectivity index (χ0) is 17.0. The van der Waals surface area contributed by atoms with Gasteiger partial charge >= 0.3 is 0 Å². The fraction of sp³-hybridized carbons (Fsp3) is 0.500. The smallest absolute Gasteiger partial charge is 0.226 e. The molecule has 0 unspecified atom stereocenters. The minimum Gasteiger partial charge on any atom is -0.493 e. The molecule has 0 amide bonds. The van der Waals surface area contributed by atoms with Crippen molar-refractivity contribution in [3.63, 3.8) is 0 Å². The highest BCUT2D eigenvalue weighted by Crippen LogP contribution is 2.21. The van der Waals surface area contributed by atoms with E-state index in [-0.39, 0.29) is 11.9 Å². The molecule has 0 spiro atoms. The lowest BCUT2D eigenvalue weighted by Gasteiger charge is -2.36.